The second-order valence-corrected chi connectivity index (χ2v) is 18.4. The molecule has 1 aromatic carbocycles. The highest BCUT2D eigenvalue weighted by Crippen LogP contribution is 2.39. The number of benzene rings is 1. The van der Waals surface area contributed by atoms with Crippen LogP contribution in [-0.2, 0) is 23.3 Å². The van der Waals surface area contributed by atoms with E-state index < -0.39 is 26.1 Å². The van der Waals surface area contributed by atoms with Crippen LogP contribution in [0.25, 0.3) is 0 Å². The van der Waals surface area contributed by atoms with Crippen LogP contribution < -0.4 is 26.0 Å². The Hall–Kier alpha value is -3.84. The fourth-order valence-electron chi connectivity index (χ4n) is 5.27. The predicted octanol–water partition coefficient (Wildman–Crippen LogP) is 5.42. The maximum absolute atomic E-state index is 14.5. The van der Waals surface area contributed by atoms with Gasteiger partial charge in [0, 0.05) is 38.5 Å². The number of likely N-dealkylation sites (tertiary alicyclic amines) is 1. The van der Waals surface area contributed by atoms with E-state index in [0.29, 0.717) is 43.1 Å². The standard InChI is InChI=1S/C34H52N4O8Si/c1-11-13-17-44-29-20-27(35-32(41)45-16-12-2)25(19-28(29)43-8)31(40)38-15-14-23(26-21-36(6)33(42)37(7)30(26)39)18-24(38)22-46-47(9,10)34(3,4)5/h12,19-21,23-24H,2,11,13-18,22H2,1,3-10H3,(H,35,41)/t23?,24-/m0/s1. The first-order valence-electron chi connectivity index (χ1n) is 16.2. The van der Waals surface area contributed by atoms with Crippen molar-refractivity contribution in [3.8, 4) is 11.5 Å². The highest BCUT2D eigenvalue weighted by molar-refractivity contribution is 6.74. The molecular formula is C34H52N4O8Si. The Morgan fingerprint density at radius 1 is 1.15 bits per heavy atom. The summed E-state index contributed by atoms with van der Waals surface area (Å²) in [4.78, 5) is 54.6. The molecule has 1 unspecified atom stereocenters. The van der Waals surface area contributed by atoms with Crippen LogP contribution >= 0.6 is 0 Å². The van der Waals surface area contributed by atoms with Crippen molar-refractivity contribution >= 4 is 26.0 Å². The Labute approximate surface area is 278 Å². The number of piperidine rings is 1. The minimum atomic E-state index is -2.22. The number of anilines is 1. The van der Waals surface area contributed by atoms with Gasteiger partial charge in [0.1, 0.15) is 6.61 Å². The number of nitrogens with one attached hydrogen (secondary N) is 1. The summed E-state index contributed by atoms with van der Waals surface area (Å²) < 4.78 is 25.9. The molecule has 3 rings (SSSR count). The number of nitrogens with zero attached hydrogens (tertiary/aromatic N) is 3. The van der Waals surface area contributed by atoms with Gasteiger partial charge in [-0.05, 0) is 49.4 Å². The van der Waals surface area contributed by atoms with Gasteiger partial charge in [-0.25, -0.2) is 9.59 Å². The van der Waals surface area contributed by atoms with Crippen molar-refractivity contribution in [2.45, 2.75) is 83.5 Å². The summed E-state index contributed by atoms with van der Waals surface area (Å²) in [5, 5.41) is 2.64. The molecule has 1 N–H and O–H groups in total. The number of amides is 2. The Kier molecular flexibility index (Phi) is 12.7. The molecule has 1 saturated heterocycles. The minimum absolute atomic E-state index is 0.00392. The molecule has 0 saturated carbocycles. The first-order chi connectivity index (χ1) is 22.1. The number of carbonyl (C=O) groups excluding carboxylic acids is 2. The zero-order valence-corrected chi connectivity index (χ0v) is 30.4. The van der Waals surface area contributed by atoms with Crippen LogP contribution in [0.2, 0.25) is 18.1 Å². The lowest BCUT2D eigenvalue weighted by molar-refractivity contribution is 0.0484. The monoisotopic (exact) mass is 672 g/mol. The van der Waals surface area contributed by atoms with Crippen molar-refractivity contribution in [1.82, 2.24) is 14.0 Å². The number of ether oxygens (including phenoxy) is 3. The van der Waals surface area contributed by atoms with E-state index in [1.54, 1.807) is 30.3 Å². The lowest BCUT2D eigenvalue weighted by Crippen LogP contribution is -2.52. The van der Waals surface area contributed by atoms with Crippen molar-refractivity contribution in [2.75, 3.05) is 38.8 Å². The fraction of sp³-hybridized carbons (Fsp3) is 0.588. The first kappa shape index (κ1) is 37.6. The van der Waals surface area contributed by atoms with E-state index >= 15 is 0 Å². The molecule has 260 valence electrons. The fourth-order valence-corrected chi connectivity index (χ4v) is 6.31. The molecule has 0 aliphatic carbocycles. The lowest BCUT2D eigenvalue weighted by Gasteiger charge is -2.43. The molecule has 2 heterocycles. The van der Waals surface area contributed by atoms with Crippen LogP contribution in [0.15, 0.2) is 40.6 Å². The molecular weight excluding hydrogens is 620 g/mol. The molecule has 2 amide bonds. The second kappa shape index (κ2) is 15.8. The Balaban J connectivity index is 2.07. The average molecular weight is 673 g/mol. The van der Waals surface area contributed by atoms with E-state index in [2.05, 4.69) is 52.7 Å². The summed E-state index contributed by atoms with van der Waals surface area (Å²) in [7, 11) is 2.37. The van der Waals surface area contributed by atoms with Crippen molar-refractivity contribution in [3.05, 3.63) is 62.9 Å². The van der Waals surface area contributed by atoms with Crippen molar-refractivity contribution in [3.63, 3.8) is 0 Å². The average Bonchev–Trinajstić information content (AvgIpc) is 3.02. The van der Waals surface area contributed by atoms with E-state index in [0.717, 1.165) is 17.4 Å². The lowest BCUT2D eigenvalue weighted by atomic mass is 9.86. The molecule has 0 bridgehead atoms. The third-order valence-electron chi connectivity index (χ3n) is 9.19. The largest absolute Gasteiger partial charge is 0.493 e. The van der Waals surface area contributed by atoms with Crippen LogP contribution in [0.4, 0.5) is 10.5 Å². The van der Waals surface area contributed by atoms with Crippen molar-refractivity contribution in [1.29, 1.82) is 0 Å². The summed E-state index contributed by atoms with van der Waals surface area (Å²) in [5.41, 5.74) is 0.215. The quantitative estimate of drug-likeness (QED) is 0.170. The van der Waals surface area contributed by atoms with Gasteiger partial charge >= 0.3 is 11.8 Å². The van der Waals surface area contributed by atoms with Gasteiger partial charge in [-0.1, -0.05) is 46.8 Å². The summed E-state index contributed by atoms with van der Waals surface area (Å²) in [6, 6.07) is 2.76. The Morgan fingerprint density at radius 2 is 1.85 bits per heavy atom. The van der Waals surface area contributed by atoms with Gasteiger partial charge in [0.15, 0.2) is 19.8 Å². The number of rotatable bonds is 13. The summed E-state index contributed by atoms with van der Waals surface area (Å²) >= 11 is 0. The van der Waals surface area contributed by atoms with E-state index in [1.165, 1.54) is 24.8 Å². The third-order valence-corrected chi connectivity index (χ3v) is 13.7. The predicted molar refractivity (Wildman–Crippen MR) is 185 cm³/mol. The number of aromatic nitrogens is 2. The van der Waals surface area contributed by atoms with Crippen molar-refractivity contribution < 1.29 is 28.2 Å². The summed E-state index contributed by atoms with van der Waals surface area (Å²) in [6.07, 6.45) is 5.01. The number of hydrogen-bond acceptors (Lipinski definition) is 8. The number of methoxy groups -OCH3 is 1. The molecule has 0 radical (unpaired) electrons. The van der Waals surface area contributed by atoms with Crippen LogP contribution in [0.1, 0.15) is 75.2 Å². The smallest absolute Gasteiger partial charge is 0.411 e. The van der Waals surface area contributed by atoms with E-state index in [1.807, 2.05) is 0 Å². The molecule has 2 atom stereocenters. The highest BCUT2D eigenvalue weighted by atomic mass is 28.4. The summed E-state index contributed by atoms with van der Waals surface area (Å²) in [6.45, 7) is 17.4. The minimum Gasteiger partial charge on any atom is -0.493 e. The third kappa shape index (κ3) is 8.95. The number of unbranched alkanes of at least 4 members (excludes halogenated alkanes) is 1. The maximum Gasteiger partial charge on any atom is 0.411 e. The molecule has 2 aromatic rings. The maximum atomic E-state index is 14.5. The Bertz CT molecular complexity index is 1560. The zero-order valence-electron chi connectivity index (χ0n) is 29.4. The normalized spacial score (nSPS) is 16.8. The van der Waals surface area contributed by atoms with Crippen LogP contribution in [0, 0.1) is 0 Å². The highest BCUT2D eigenvalue weighted by Gasteiger charge is 2.41. The molecule has 1 aliphatic heterocycles. The van der Waals surface area contributed by atoms with Crippen LogP contribution in [-0.4, -0.2) is 73.9 Å². The Morgan fingerprint density at radius 3 is 2.47 bits per heavy atom. The molecule has 12 nitrogen and oxygen atoms in total. The van der Waals surface area contributed by atoms with Gasteiger partial charge in [-0.2, -0.15) is 0 Å². The summed E-state index contributed by atoms with van der Waals surface area (Å²) in [5.74, 6) is 0.205. The molecule has 1 aliphatic rings. The number of aryl methyl sites for hydroxylation is 1. The van der Waals surface area contributed by atoms with E-state index in [4.69, 9.17) is 18.6 Å². The van der Waals surface area contributed by atoms with Crippen LogP contribution in [0.3, 0.4) is 0 Å². The first-order valence-corrected chi connectivity index (χ1v) is 19.1. The van der Waals surface area contributed by atoms with Gasteiger partial charge in [-0.3, -0.25) is 19.5 Å². The van der Waals surface area contributed by atoms with Gasteiger partial charge in [0.2, 0.25) is 0 Å². The zero-order chi connectivity index (χ0) is 35.1. The van der Waals surface area contributed by atoms with Gasteiger partial charge in [0.25, 0.3) is 11.5 Å². The number of carbonyl (C=O) groups is 2. The van der Waals surface area contributed by atoms with Gasteiger partial charge < -0.3 is 28.1 Å². The second-order valence-electron chi connectivity index (χ2n) is 13.5. The van der Waals surface area contributed by atoms with Gasteiger partial charge in [-0.15, -0.1) is 0 Å². The molecule has 47 heavy (non-hydrogen) atoms. The van der Waals surface area contributed by atoms with E-state index in [9.17, 15) is 19.2 Å². The van der Waals surface area contributed by atoms with Crippen molar-refractivity contribution in [2.24, 2.45) is 14.1 Å². The molecule has 13 heteroatoms. The molecule has 1 fully saturated rings. The molecule has 1 aromatic heterocycles. The van der Waals surface area contributed by atoms with Crippen LogP contribution in [0.5, 0.6) is 11.5 Å². The molecule has 0 spiro atoms. The topological polar surface area (TPSA) is 130 Å². The SMILES string of the molecule is C=CCOC(=O)Nc1cc(OCCCC)c(OC)cc1C(=O)N1CCC(c2cn(C)c(=O)n(C)c2=O)C[C@H]1CO[Si](C)(C)C(C)(C)C. The van der Waals surface area contributed by atoms with Gasteiger partial charge in [0.05, 0.1) is 37.6 Å². The van der Waals surface area contributed by atoms with E-state index in [-0.39, 0.29) is 46.9 Å². The number of hydrogen-bond donors (Lipinski definition) is 1.